The van der Waals surface area contributed by atoms with Gasteiger partial charge < -0.3 is 0 Å². The normalized spacial score (nSPS) is 14.8. The smallest absolute Gasteiger partial charge is 0.181 e. The molecule has 19 heavy (non-hydrogen) atoms. The topological polar surface area (TPSA) is 34.1 Å². The zero-order valence-electron chi connectivity index (χ0n) is 11.9. The van der Waals surface area contributed by atoms with Crippen LogP contribution < -0.4 is 0 Å². The van der Waals surface area contributed by atoms with Crippen molar-refractivity contribution in [3.8, 4) is 0 Å². The van der Waals surface area contributed by atoms with Gasteiger partial charge in [0.2, 0.25) is 0 Å². The molecule has 0 radical (unpaired) electrons. The molecule has 0 aliphatic rings. The van der Waals surface area contributed by atoms with E-state index in [1.54, 1.807) is 18.2 Å². The lowest BCUT2D eigenvalue weighted by molar-refractivity contribution is 0.599. The van der Waals surface area contributed by atoms with E-state index in [4.69, 9.17) is 0 Å². The Bertz CT molecular complexity index is 542. The van der Waals surface area contributed by atoms with E-state index in [9.17, 15) is 8.42 Å². The molecule has 2 nitrogen and oxygen atoms in total. The van der Waals surface area contributed by atoms with Crippen LogP contribution in [0, 0.1) is 6.92 Å². The second-order valence-electron chi connectivity index (χ2n) is 5.79. The zero-order valence-corrected chi connectivity index (χ0v) is 15.3. The number of halogens is 1. The van der Waals surface area contributed by atoms with Crippen LogP contribution in [0.15, 0.2) is 41.3 Å². The summed E-state index contributed by atoms with van der Waals surface area (Å²) >= 11 is 3.61. The SMILES string of the molecule is Cc1ccc(S(=O)(=O)C/C=C/C(Br)[Si](C)(C)C)cc1. The van der Waals surface area contributed by atoms with Crippen LogP contribution in [-0.2, 0) is 9.84 Å². The molecular weight excluding hydrogens is 340 g/mol. The van der Waals surface area contributed by atoms with Crippen LogP contribution >= 0.6 is 15.9 Å². The van der Waals surface area contributed by atoms with Gasteiger partial charge in [-0.3, -0.25) is 0 Å². The Morgan fingerprint density at radius 2 is 1.74 bits per heavy atom. The standard InChI is InChI=1S/C14H21BrO2SSi/c1-12-7-9-13(10-8-12)18(16,17)11-5-6-14(15)19(2,3)4/h5-10,14H,11H2,1-4H3/b6-5+. The molecule has 0 saturated carbocycles. The lowest BCUT2D eigenvalue weighted by atomic mass is 10.2. The number of sulfone groups is 1. The molecule has 1 unspecified atom stereocenters. The van der Waals surface area contributed by atoms with E-state index >= 15 is 0 Å². The molecule has 1 aromatic rings. The first-order chi connectivity index (χ1) is 8.63. The maximum Gasteiger partial charge on any atom is 0.181 e. The van der Waals surface area contributed by atoms with Crippen molar-refractivity contribution in [3.05, 3.63) is 42.0 Å². The third kappa shape index (κ3) is 5.24. The molecule has 1 rings (SSSR count). The maximum absolute atomic E-state index is 12.1. The predicted molar refractivity (Wildman–Crippen MR) is 88.4 cm³/mol. The van der Waals surface area contributed by atoms with E-state index in [2.05, 4.69) is 35.6 Å². The van der Waals surface area contributed by atoms with Crippen LogP contribution in [0.25, 0.3) is 0 Å². The first kappa shape index (κ1) is 16.7. The summed E-state index contributed by atoms with van der Waals surface area (Å²) in [6.45, 7) is 8.67. The minimum atomic E-state index is -3.21. The Morgan fingerprint density at radius 3 is 2.21 bits per heavy atom. The van der Waals surface area contributed by atoms with Crippen molar-refractivity contribution in [1.29, 1.82) is 0 Å². The molecule has 0 saturated heterocycles. The molecule has 0 fully saturated rings. The first-order valence-corrected chi connectivity index (χ1v) is 12.4. The molecule has 1 atom stereocenters. The van der Waals surface area contributed by atoms with Gasteiger partial charge in [-0.1, -0.05) is 65.4 Å². The van der Waals surface area contributed by atoms with Crippen LogP contribution in [0.4, 0.5) is 0 Å². The van der Waals surface area contributed by atoms with Gasteiger partial charge in [0, 0.05) is 4.45 Å². The van der Waals surface area contributed by atoms with Crippen LogP contribution in [-0.4, -0.2) is 26.7 Å². The van der Waals surface area contributed by atoms with E-state index in [-0.39, 0.29) is 5.75 Å². The number of alkyl halides is 1. The van der Waals surface area contributed by atoms with Crippen molar-refractivity contribution in [3.63, 3.8) is 0 Å². The molecule has 0 amide bonds. The van der Waals surface area contributed by atoms with E-state index in [0.717, 1.165) is 5.56 Å². The van der Waals surface area contributed by atoms with Gasteiger partial charge in [0.25, 0.3) is 0 Å². The molecule has 0 N–H and O–H groups in total. The minimum Gasteiger partial charge on any atom is -0.223 e. The van der Waals surface area contributed by atoms with Crippen molar-refractivity contribution in [2.75, 3.05) is 5.75 Å². The molecule has 0 aliphatic heterocycles. The monoisotopic (exact) mass is 360 g/mol. The second-order valence-corrected chi connectivity index (χ2v) is 15.0. The molecule has 0 spiro atoms. The maximum atomic E-state index is 12.1. The molecule has 5 heteroatoms. The molecule has 1 aromatic carbocycles. The molecule has 0 aliphatic carbocycles. The zero-order chi connectivity index (χ0) is 14.7. The Labute approximate surface area is 126 Å². The predicted octanol–water partition coefficient (Wildman–Crippen LogP) is 3.97. The van der Waals surface area contributed by atoms with Gasteiger partial charge in [-0.15, -0.1) is 0 Å². The second kappa shape index (κ2) is 6.37. The third-order valence-corrected chi connectivity index (χ3v) is 10.7. The van der Waals surface area contributed by atoms with Crippen molar-refractivity contribution >= 4 is 33.8 Å². The number of hydrogen-bond acceptors (Lipinski definition) is 2. The number of aryl methyl sites for hydroxylation is 1. The Morgan fingerprint density at radius 1 is 1.21 bits per heavy atom. The van der Waals surface area contributed by atoms with Crippen LogP contribution in [0.1, 0.15) is 5.56 Å². The summed E-state index contributed by atoms with van der Waals surface area (Å²) in [7, 11) is -4.52. The number of rotatable bonds is 5. The fraction of sp³-hybridized carbons (Fsp3) is 0.429. The minimum absolute atomic E-state index is 0.0582. The highest BCUT2D eigenvalue weighted by Gasteiger charge is 2.21. The van der Waals surface area contributed by atoms with Crippen LogP contribution in [0.2, 0.25) is 19.6 Å². The number of hydrogen-bond donors (Lipinski definition) is 0. The molecule has 0 bridgehead atoms. The van der Waals surface area contributed by atoms with Gasteiger partial charge in [0.15, 0.2) is 9.84 Å². The first-order valence-electron chi connectivity index (χ1n) is 6.23. The largest absolute Gasteiger partial charge is 0.223 e. The Balaban J connectivity index is 2.77. The summed E-state index contributed by atoms with van der Waals surface area (Å²) in [5, 5.41) is 0. The Kier molecular flexibility index (Phi) is 5.59. The van der Waals surface area contributed by atoms with E-state index < -0.39 is 17.9 Å². The van der Waals surface area contributed by atoms with Crippen LogP contribution in [0.3, 0.4) is 0 Å². The lowest BCUT2D eigenvalue weighted by Crippen LogP contribution is -2.31. The van der Waals surface area contributed by atoms with E-state index in [0.29, 0.717) is 9.35 Å². The van der Waals surface area contributed by atoms with Gasteiger partial charge in [0.1, 0.15) is 0 Å². The summed E-state index contributed by atoms with van der Waals surface area (Å²) in [6.07, 6.45) is 3.73. The summed E-state index contributed by atoms with van der Waals surface area (Å²) in [5.74, 6) is 0.0582. The summed E-state index contributed by atoms with van der Waals surface area (Å²) in [6, 6.07) is 6.99. The fourth-order valence-corrected chi connectivity index (χ4v) is 3.47. The van der Waals surface area contributed by atoms with Gasteiger partial charge in [0.05, 0.1) is 18.7 Å². The van der Waals surface area contributed by atoms with Crippen molar-refractivity contribution in [2.24, 2.45) is 0 Å². The number of benzene rings is 1. The summed E-state index contributed by atoms with van der Waals surface area (Å²) < 4.78 is 24.5. The Hall–Kier alpha value is -0.393. The molecule has 106 valence electrons. The van der Waals surface area contributed by atoms with Crippen molar-refractivity contribution in [1.82, 2.24) is 0 Å². The van der Waals surface area contributed by atoms with Gasteiger partial charge >= 0.3 is 0 Å². The summed E-state index contributed by atoms with van der Waals surface area (Å²) in [4.78, 5) is 0.391. The highest BCUT2D eigenvalue weighted by Crippen LogP contribution is 2.18. The van der Waals surface area contributed by atoms with Gasteiger partial charge in [-0.05, 0) is 19.1 Å². The van der Waals surface area contributed by atoms with Gasteiger partial charge in [-0.25, -0.2) is 8.42 Å². The molecular formula is C14H21BrO2SSi. The van der Waals surface area contributed by atoms with Crippen LogP contribution in [0.5, 0.6) is 0 Å². The van der Waals surface area contributed by atoms with E-state index in [1.165, 1.54) is 0 Å². The number of allylic oxidation sites excluding steroid dienone is 1. The van der Waals surface area contributed by atoms with Crippen molar-refractivity contribution in [2.45, 2.75) is 35.9 Å². The fourth-order valence-electron chi connectivity index (χ4n) is 1.43. The molecule has 0 heterocycles. The lowest BCUT2D eigenvalue weighted by Gasteiger charge is -2.19. The quantitative estimate of drug-likeness (QED) is 0.452. The summed E-state index contributed by atoms with van der Waals surface area (Å²) in [5.41, 5.74) is 1.06. The average molecular weight is 361 g/mol. The molecule has 0 aromatic heterocycles. The van der Waals surface area contributed by atoms with Gasteiger partial charge in [-0.2, -0.15) is 0 Å². The highest BCUT2D eigenvalue weighted by atomic mass is 79.9. The highest BCUT2D eigenvalue weighted by molar-refractivity contribution is 9.10. The van der Waals surface area contributed by atoms with E-state index in [1.807, 2.05) is 25.1 Å². The third-order valence-electron chi connectivity index (χ3n) is 2.83. The average Bonchev–Trinajstić information content (AvgIpc) is 2.28. The van der Waals surface area contributed by atoms with Crippen molar-refractivity contribution < 1.29 is 8.42 Å².